The molecule has 1 N–H and O–H groups in total. The Bertz CT molecular complexity index is 1180. The van der Waals surface area contributed by atoms with E-state index in [2.05, 4.69) is 18.3 Å². The van der Waals surface area contributed by atoms with Crippen molar-refractivity contribution in [3.05, 3.63) is 100 Å². The molecule has 0 aliphatic carbocycles. The maximum absolute atomic E-state index is 13.7. The Labute approximate surface area is 219 Å². The van der Waals surface area contributed by atoms with Gasteiger partial charge in [0.1, 0.15) is 17.6 Å². The first kappa shape index (κ1) is 27.9. The van der Waals surface area contributed by atoms with E-state index in [0.717, 1.165) is 40.7 Å². The van der Waals surface area contributed by atoms with Gasteiger partial charge in [0.25, 0.3) is 5.91 Å². The third-order valence-corrected chi connectivity index (χ3v) is 6.48. The molecule has 0 spiro atoms. The lowest BCUT2D eigenvalue weighted by molar-refractivity contribution is -0.142. The normalized spacial score (nSPS) is 11.6. The van der Waals surface area contributed by atoms with E-state index in [1.165, 1.54) is 12.1 Å². The summed E-state index contributed by atoms with van der Waals surface area (Å²) in [5, 5.41) is 3.00. The van der Waals surface area contributed by atoms with Crippen LogP contribution in [0.25, 0.3) is 0 Å². The number of unbranched alkanes of at least 4 members (excludes halogenated alkanes) is 1. The molecule has 0 saturated heterocycles. The summed E-state index contributed by atoms with van der Waals surface area (Å²) >= 11 is 0. The fourth-order valence-electron chi connectivity index (χ4n) is 4.22. The molecule has 2 amide bonds. The van der Waals surface area contributed by atoms with E-state index in [-0.39, 0.29) is 30.8 Å². The molecule has 3 aromatic rings. The van der Waals surface area contributed by atoms with Crippen molar-refractivity contribution >= 4 is 11.8 Å². The fraction of sp³-hybridized carbons (Fsp3) is 0.355. The quantitative estimate of drug-likeness (QED) is 0.323. The number of carbonyl (C=O) groups excluding carboxylic acids is 2. The molecule has 0 unspecified atom stereocenters. The van der Waals surface area contributed by atoms with Gasteiger partial charge in [-0.1, -0.05) is 61.9 Å². The van der Waals surface area contributed by atoms with E-state index in [1.54, 1.807) is 17.0 Å². The topological polar surface area (TPSA) is 58.6 Å². The van der Waals surface area contributed by atoms with Gasteiger partial charge in [0.15, 0.2) is 6.61 Å². The Kier molecular flexibility index (Phi) is 10.2. The molecule has 3 rings (SSSR count). The highest BCUT2D eigenvalue weighted by molar-refractivity contribution is 5.88. The number of aryl methyl sites for hydroxylation is 2. The van der Waals surface area contributed by atoms with Crippen LogP contribution >= 0.6 is 0 Å². The third-order valence-electron chi connectivity index (χ3n) is 6.48. The van der Waals surface area contributed by atoms with Crippen LogP contribution in [0.1, 0.15) is 47.6 Å². The molecule has 0 aromatic heterocycles. The largest absolute Gasteiger partial charge is 0.483 e. The number of amides is 2. The molecule has 37 heavy (non-hydrogen) atoms. The van der Waals surface area contributed by atoms with Crippen molar-refractivity contribution in [3.8, 4) is 5.75 Å². The average molecular weight is 505 g/mol. The molecule has 5 nitrogen and oxygen atoms in total. The molecule has 0 aliphatic rings. The van der Waals surface area contributed by atoms with Gasteiger partial charge in [-0.2, -0.15) is 0 Å². The van der Waals surface area contributed by atoms with Crippen LogP contribution in [-0.2, 0) is 22.6 Å². The lowest BCUT2D eigenvalue weighted by Crippen LogP contribution is -2.51. The first-order valence-corrected chi connectivity index (χ1v) is 12.8. The SMILES string of the molecule is CCCCNC(=O)[C@H](Cc1ccccc1)N(Cc1ccc(F)cc1)C(=O)COc1cc(C)cc(C)c1C. The minimum atomic E-state index is -0.749. The Morgan fingerprint density at radius 3 is 2.35 bits per heavy atom. The highest BCUT2D eigenvalue weighted by atomic mass is 19.1. The van der Waals surface area contributed by atoms with Crippen molar-refractivity contribution in [1.82, 2.24) is 10.2 Å². The monoisotopic (exact) mass is 504 g/mol. The number of hydrogen-bond acceptors (Lipinski definition) is 3. The van der Waals surface area contributed by atoms with Crippen LogP contribution in [0.3, 0.4) is 0 Å². The van der Waals surface area contributed by atoms with Gasteiger partial charge < -0.3 is 15.0 Å². The minimum Gasteiger partial charge on any atom is -0.483 e. The van der Waals surface area contributed by atoms with Crippen LogP contribution in [0.15, 0.2) is 66.7 Å². The number of hydrogen-bond donors (Lipinski definition) is 1. The number of rotatable bonds is 12. The van der Waals surface area contributed by atoms with Crippen LogP contribution in [0.2, 0.25) is 0 Å². The predicted molar refractivity (Wildman–Crippen MR) is 145 cm³/mol. The van der Waals surface area contributed by atoms with Crippen LogP contribution in [-0.4, -0.2) is 35.9 Å². The van der Waals surface area contributed by atoms with Crippen LogP contribution < -0.4 is 10.1 Å². The molecule has 1 atom stereocenters. The summed E-state index contributed by atoms with van der Waals surface area (Å²) in [4.78, 5) is 28.7. The third kappa shape index (κ3) is 8.17. The minimum absolute atomic E-state index is 0.160. The van der Waals surface area contributed by atoms with Gasteiger partial charge in [0.05, 0.1) is 0 Å². The van der Waals surface area contributed by atoms with Crippen molar-refractivity contribution in [1.29, 1.82) is 0 Å². The van der Waals surface area contributed by atoms with Crippen molar-refractivity contribution in [2.24, 2.45) is 0 Å². The second-order valence-electron chi connectivity index (χ2n) is 9.49. The number of nitrogens with zero attached hydrogens (tertiary/aromatic N) is 1. The molecular weight excluding hydrogens is 467 g/mol. The molecule has 0 aliphatic heterocycles. The second kappa shape index (κ2) is 13.6. The van der Waals surface area contributed by atoms with E-state index in [4.69, 9.17) is 4.74 Å². The molecule has 0 radical (unpaired) electrons. The number of benzene rings is 3. The van der Waals surface area contributed by atoms with E-state index in [9.17, 15) is 14.0 Å². The van der Waals surface area contributed by atoms with Gasteiger partial charge >= 0.3 is 0 Å². The van der Waals surface area contributed by atoms with Gasteiger partial charge in [0, 0.05) is 19.5 Å². The van der Waals surface area contributed by atoms with E-state index in [0.29, 0.717) is 18.7 Å². The van der Waals surface area contributed by atoms with Crippen LogP contribution in [0.5, 0.6) is 5.75 Å². The second-order valence-corrected chi connectivity index (χ2v) is 9.49. The zero-order chi connectivity index (χ0) is 26.8. The smallest absolute Gasteiger partial charge is 0.261 e. The summed E-state index contributed by atoms with van der Waals surface area (Å²) < 4.78 is 19.6. The molecule has 196 valence electrons. The molecule has 0 saturated carbocycles. The van der Waals surface area contributed by atoms with Gasteiger partial charge in [-0.15, -0.1) is 0 Å². The summed E-state index contributed by atoms with van der Waals surface area (Å²) in [5.74, 6) is -0.224. The standard InChI is InChI=1S/C31H37FN2O3/c1-5-6-16-33-31(36)28(19-25-10-8-7-9-11-25)34(20-26-12-14-27(32)15-13-26)30(35)21-37-29-18-22(2)17-23(3)24(29)4/h7-15,17-18,28H,5-6,16,19-21H2,1-4H3,(H,33,36)/t28-/m0/s1. The van der Waals surface area contributed by atoms with Gasteiger partial charge in [-0.05, 0) is 73.2 Å². The molecule has 0 heterocycles. The summed E-state index contributed by atoms with van der Waals surface area (Å²) in [6.07, 6.45) is 2.16. The van der Waals surface area contributed by atoms with Gasteiger partial charge in [-0.3, -0.25) is 9.59 Å². The molecule has 0 fully saturated rings. The van der Waals surface area contributed by atoms with Crippen molar-refractivity contribution in [2.75, 3.05) is 13.2 Å². The Morgan fingerprint density at radius 2 is 1.68 bits per heavy atom. The first-order chi connectivity index (χ1) is 17.8. The first-order valence-electron chi connectivity index (χ1n) is 12.8. The zero-order valence-corrected chi connectivity index (χ0v) is 22.2. The molecule has 0 bridgehead atoms. The van der Waals surface area contributed by atoms with E-state index in [1.807, 2.05) is 57.2 Å². The number of halogens is 1. The summed E-state index contributed by atoms with van der Waals surface area (Å²) in [6, 6.07) is 18.9. The number of carbonyl (C=O) groups is 2. The lowest BCUT2D eigenvalue weighted by Gasteiger charge is -2.31. The predicted octanol–water partition coefficient (Wildman–Crippen LogP) is 5.69. The van der Waals surface area contributed by atoms with Crippen molar-refractivity contribution < 1.29 is 18.7 Å². The highest BCUT2D eigenvalue weighted by Crippen LogP contribution is 2.24. The zero-order valence-electron chi connectivity index (χ0n) is 22.2. The maximum Gasteiger partial charge on any atom is 0.261 e. The van der Waals surface area contributed by atoms with Crippen LogP contribution in [0, 0.1) is 26.6 Å². The Balaban J connectivity index is 1.91. The number of nitrogens with one attached hydrogen (secondary N) is 1. The highest BCUT2D eigenvalue weighted by Gasteiger charge is 2.30. The van der Waals surface area contributed by atoms with E-state index < -0.39 is 6.04 Å². The lowest BCUT2D eigenvalue weighted by atomic mass is 10.0. The Hall–Kier alpha value is -3.67. The Morgan fingerprint density at radius 1 is 0.973 bits per heavy atom. The summed E-state index contributed by atoms with van der Waals surface area (Å²) in [7, 11) is 0. The fourth-order valence-corrected chi connectivity index (χ4v) is 4.22. The van der Waals surface area contributed by atoms with Crippen LogP contribution in [0.4, 0.5) is 4.39 Å². The molecule has 6 heteroatoms. The maximum atomic E-state index is 13.7. The summed E-state index contributed by atoms with van der Waals surface area (Å²) in [6.45, 7) is 8.50. The van der Waals surface area contributed by atoms with E-state index >= 15 is 0 Å². The summed E-state index contributed by atoms with van der Waals surface area (Å²) in [5.41, 5.74) is 4.79. The molecular formula is C31H37FN2O3. The van der Waals surface area contributed by atoms with Crippen molar-refractivity contribution in [2.45, 2.75) is 59.5 Å². The van der Waals surface area contributed by atoms with Crippen molar-refractivity contribution in [3.63, 3.8) is 0 Å². The van der Waals surface area contributed by atoms with Gasteiger partial charge in [-0.25, -0.2) is 4.39 Å². The molecule has 3 aromatic carbocycles. The number of ether oxygens (including phenoxy) is 1. The van der Waals surface area contributed by atoms with Gasteiger partial charge in [0.2, 0.25) is 5.91 Å². The average Bonchev–Trinajstić information content (AvgIpc) is 2.89.